The molecule has 0 unspecified atom stereocenters. The van der Waals surface area contributed by atoms with E-state index in [1.54, 1.807) is 4.68 Å². The quantitative estimate of drug-likeness (QED) is 0.629. The topological polar surface area (TPSA) is 63.9 Å². The van der Waals surface area contributed by atoms with Crippen molar-refractivity contribution in [1.82, 2.24) is 25.1 Å². The molecule has 0 N–H and O–H groups in total. The van der Waals surface area contributed by atoms with Crippen LogP contribution in [0.2, 0.25) is 0 Å². The van der Waals surface area contributed by atoms with E-state index in [1.165, 1.54) is 0 Å². The van der Waals surface area contributed by atoms with Gasteiger partial charge in [0.25, 0.3) is 0 Å². The van der Waals surface area contributed by atoms with E-state index in [2.05, 4.69) is 29.4 Å². The maximum absolute atomic E-state index is 12.3. The monoisotopic (exact) mass is 329 g/mol. The third-order valence-corrected chi connectivity index (χ3v) is 3.92. The number of para-hydroxylation sites is 1. The summed E-state index contributed by atoms with van der Waals surface area (Å²) >= 11 is 0. The maximum atomic E-state index is 12.3. The summed E-state index contributed by atoms with van der Waals surface area (Å²) in [6, 6.07) is 9.87. The van der Waals surface area contributed by atoms with Crippen molar-refractivity contribution in [2.75, 3.05) is 13.1 Å². The standard InChI is InChI=1S/C18H27N5O/c1-3-14-22(15-4-2)18(24)13-9-8-12-17-19-20-21-23(17)16-10-6-5-7-11-16/h5-7,10-11H,3-4,8-9,12-15H2,1-2H3. The Morgan fingerprint density at radius 1 is 1.08 bits per heavy atom. The molecule has 0 saturated carbocycles. The molecule has 0 aliphatic carbocycles. The van der Waals surface area contributed by atoms with Crippen LogP contribution in [0.3, 0.4) is 0 Å². The van der Waals surface area contributed by atoms with Gasteiger partial charge in [-0.1, -0.05) is 32.0 Å². The number of hydrogen-bond acceptors (Lipinski definition) is 4. The maximum Gasteiger partial charge on any atom is 0.222 e. The fourth-order valence-electron chi connectivity index (χ4n) is 2.75. The smallest absolute Gasteiger partial charge is 0.222 e. The van der Waals surface area contributed by atoms with Gasteiger partial charge in [0.1, 0.15) is 0 Å². The highest BCUT2D eigenvalue weighted by Crippen LogP contribution is 2.11. The molecule has 130 valence electrons. The van der Waals surface area contributed by atoms with Crippen molar-refractivity contribution in [1.29, 1.82) is 0 Å². The summed E-state index contributed by atoms with van der Waals surface area (Å²) in [5.41, 5.74) is 0.964. The molecule has 1 amide bonds. The van der Waals surface area contributed by atoms with Crippen LogP contribution in [0.15, 0.2) is 30.3 Å². The summed E-state index contributed by atoms with van der Waals surface area (Å²) in [6.07, 6.45) is 5.17. The minimum atomic E-state index is 0.265. The van der Waals surface area contributed by atoms with Gasteiger partial charge in [0.2, 0.25) is 5.91 Å². The highest BCUT2D eigenvalue weighted by Gasteiger charge is 2.12. The van der Waals surface area contributed by atoms with Gasteiger partial charge in [0, 0.05) is 25.9 Å². The lowest BCUT2D eigenvalue weighted by atomic mass is 10.1. The van der Waals surface area contributed by atoms with Crippen LogP contribution in [-0.2, 0) is 11.2 Å². The van der Waals surface area contributed by atoms with Crippen molar-refractivity contribution in [2.45, 2.75) is 52.4 Å². The van der Waals surface area contributed by atoms with E-state index < -0.39 is 0 Å². The number of nitrogens with zero attached hydrogens (tertiary/aromatic N) is 5. The molecule has 6 nitrogen and oxygen atoms in total. The number of carbonyl (C=O) groups is 1. The first kappa shape index (κ1) is 18.1. The first-order valence-electron chi connectivity index (χ1n) is 8.86. The van der Waals surface area contributed by atoms with Gasteiger partial charge in [0.05, 0.1) is 5.69 Å². The zero-order chi connectivity index (χ0) is 17.2. The average molecular weight is 329 g/mol. The molecule has 6 heteroatoms. The number of rotatable bonds is 10. The van der Waals surface area contributed by atoms with Gasteiger partial charge in [-0.05, 0) is 48.2 Å². The van der Waals surface area contributed by atoms with E-state index in [9.17, 15) is 4.79 Å². The van der Waals surface area contributed by atoms with Gasteiger partial charge < -0.3 is 4.90 Å². The molecule has 0 fully saturated rings. The predicted octanol–water partition coefficient (Wildman–Crippen LogP) is 3.02. The van der Waals surface area contributed by atoms with Crippen LogP contribution >= 0.6 is 0 Å². The number of amides is 1. The minimum absolute atomic E-state index is 0.265. The predicted molar refractivity (Wildman–Crippen MR) is 93.9 cm³/mol. The number of unbranched alkanes of at least 4 members (excludes halogenated alkanes) is 1. The number of tetrazole rings is 1. The number of aromatic nitrogens is 4. The summed E-state index contributed by atoms with van der Waals surface area (Å²) in [5.74, 6) is 1.11. The SMILES string of the molecule is CCCN(CCC)C(=O)CCCCc1nnnn1-c1ccccc1. The number of carbonyl (C=O) groups excluding carboxylic acids is 1. The molecule has 2 rings (SSSR count). The zero-order valence-corrected chi connectivity index (χ0v) is 14.7. The van der Waals surface area contributed by atoms with Crippen molar-refractivity contribution in [2.24, 2.45) is 0 Å². The average Bonchev–Trinajstić information content (AvgIpc) is 3.07. The van der Waals surface area contributed by atoms with E-state index >= 15 is 0 Å². The van der Waals surface area contributed by atoms with Crippen LogP contribution in [0.5, 0.6) is 0 Å². The van der Waals surface area contributed by atoms with Gasteiger partial charge in [-0.25, -0.2) is 0 Å². The molecule has 1 heterocycles. The Morgan fingerprint density at radius 3 is 2.46 bits per heavy atom. The number of aryl methyl sites for hydroxylation is 1. The molecule has 1 aromatic carbocycles. The molecule has 0 radical (unpaired) electrons. The van der Waals surface area contributed by atoms with Crippen molar-refractivity contribution in [3.8, 4) is 5.69 Å². The number of benzene rings is 1. The Balaban J connectivity index is 1.81. The zero-order valence-electron chi connectivity index (χ0n) is 14.7. The van der Waals surface area contributed by atoms with E-state index in [0.29, 0.717) is 6.42 Å². The largest absolute Gasteiger partial charge is 0.343 e. The van der Waals surface area contributed by atoms with Gasteiger partial charge in [-0.15, -0.1) is 5.10 Å². The molecular weight excluding hydrogens is 302 g/mol. The van der Waals surface area contributed by atoms with Crippen LogP contribution in [0.25, 0.3) is 5.69 Å². The van der Waals surface area contributed by atoms with Crippen molar-refractivity contribution < 1.29 is 4.79 Å². The Hall–Kier alpha value is -2.24. The minimum Gasteiger partial charge on any atom is -0.343 e. The lowest BCUT2D eigenvalue weighted by Crippen LogP contribution is -2.32. The van der Waals surface area contributed by atoms with E-state index in [4.69, 9.17) is 0 Å². The molecule has 1 aromatic heterocycles. The fraction of sp³-hybridized carbons (Fsp3) is 0.556. The third-order valence-electron chi connectivity index (χ3n) is 3.92. The summed E-state index contributed by atoms with van der Waals surface area (Å²) in [5, 5.41) is 11.9. The lowest BCUT2D eigenvalue weighted by Gasteiger charge is -2.21. The molecule has 0 bridgehead atoms. The second kappa shape index (κ2) is 9.80. The summed E-state index contributed by atoms with van der Waals surface area (Å²) in [4.78, 5) is 14.2. The molecule has 0 aliphatic heterocycles. The normalized spacial score (nSPS) is 10.8. The van der Waals surface area contributed by atoms with E-state index in [-0.39, 0.29) is 5.91 Å². The Labute approximate surface area is 143 Å². The van der Waals surface area contributed by atoms with Gasteiger partial charge in [-0.3, -0.25) is 4.79 Å². The van der Waals surface area contributed by atoms with Crippen LogP contribution in [0.1, 0.15) is 51.8 Å². The number of hydrogen-bond donors (Lipinski definition) is 0. The molecule has 24 heavy (non-hydrogen) atoms. The van der Waals surface area contributed by atoms with Crippen LogP contribution in [0, 0.1) is 0 Å². The van der Waals surface area contributed by atoms with Crippen LogP contribution in [-0.4, -0.2) is 44.1 Å². The summed E-state index contributed by atoms with van der Waals surface area (Å²) < 4.78 is 1.77. The second-order valence-corrected chi connectivity index (χ2v) is 5.93. The van der Waals surface area contributed by atoms with E-state index in [0.717, 1.165) is 56.7 Å². The van der Waals surface area contributed by atoms with E-state index in [1.807, 2.05) is 35.2 Å². The molecular formula is C18H27N5O. The summed E-state index contributed by atoms with van der Waals surface area (Å²) in [7, 11) is 0. The molecule has 0 saturated heterocycles. The third kappa shape index (κ3) is 5.15. The first-order valence-corrected chi connectivity index (χ1v) is 8.86. The van der Waals surface area contributed by atoms with Crippen molar-refractivity contribution in [3.05, 3.63) is 36.2 Å². The van der Waals surface area contributed by atoms with Crippen LogP contribution < -0.4 is 0 Å². The Morgan fingerprint density at radius 2 is 1.79 bits per heavy atom. The highest BCUT2D eigenvalue weighted by atomic mass is 16.2. The van der Waals surface area contributed by atoms with Gasteiger partial charge >= 0.3 is 0 Å². The fourth-order valence-corrected chi connectivity index (χ4v) is 2.75. The van der Waals surface area contributed by atoms with Crippen molar-refractivity contribution >= 4 is 5.91 Å². The molecule has 0 aliphatic rings. The Kier molecular flexibility index (Phi) is 7.39. The Bertz CT molecular complexity index is 605. The molecule has 2 aromatic rings. The lowest BCUT2D eigenvalue weighted by molar-refractivity contribution is -0.131. The van der Waals surface area contributed by atoms with Crippen LogP contribution in [0.4, 0.5) is 0 Å². The molecule has 0 atom stereocenters. The van der Waals surface area contributed by atoms with Gasteiger partial charge in [0.15, 0.2) is 5.82 Å². The highest BCUT2D eigenvalue weighted by molar-refractivity contribution is 5.76. The first-order chi connectivity index (χ1) is 11.8. The van der Waals surface area contributed by atoms with Crippen molar-refractivity contribution in [3.63, 3.8) is 0 Å². The summed E-state index contributed by atoms with van der Waals surface area (Å²) in [6.45, 7) is 5.94. The van der Waals surface area contributed by atoms with Gasteiger partial charge in [-0.2, -0.15) is 4.68 Å². The molecule has 0 spiro atoms. The second-order valence-electron chi connectivity index (χ2n) is 5.93.